The second-order valence-electron chi connectivity index (χ2n) is 4.98. The molecule has 0 aromatic carbocycles. The van der Waals surface area contributed by atoms with Crippen LogP contribution in [0, 0.1) is 5.92 Å². The van der Waals surface area contributed by atoms with Crippen LogP contribution in [-0.2, 0) is 19.1 Å². The summed E-state index contributed by atoms with van der Waals surface area (Å²) < 4.78 is 10.6. The van der Waals surface area contributed by atoms with Gasteiger partial charge in [-0.2, -0.15) is 0 Å². The van der Waals surface area contributed by atoms with Crippen molar-refractivity contribution >= 4 is 5.97 Å². The van der Waals surface area contributed by atoms with Gasteiger partial charge in [-0.05, 0) is 33.1 Å². The largest absolute Gasteiger partial charge is 0.462 e. The average Bonchev–Trinajstić information content (AvgIpc) is 2.57. The molecular weight excluding hydrogens is 236 g/mol. The van der Waals surface area contributed by atoms with Crippen LogP contribution in [0.4, 0.5) is 0 Å². The summed E-state index contributed by atoms with van der Waals surface area (Å²) in [6, 6.07) is 0. The van der Waals surface area contributed by atoms with Gasteiger partial charge < -0.3 is 9.47 Å². The topological polar surface area (TPSA) is 68.8 Å². The highest BCUT2D eigenvalue weighted by atomic mass is 16.7. The fourth-order valence-corrected chi connectivity index (χ4v) is 1.81. The lowest BCUT2D eigenvalue weighted by Gasteiger charge is -2.12. The molecule has 0 spiro atoms. The number of hydrogen-bond donors (Lipinski definition) is 2. The smallest absolute Gasteiger partial charge is 0.321 e. The number of carbonyl (C=O) groups is 1. The normalized spacial score (nSPS) is 27.7. The van der Waals surface area contributed by atoms with E-state index in [1.165, 1.54) is 0 Å². The molecular formula is C12H24N2O4. The minimum absolute atomic E-state index is 0.0660. The maximum Gasteiger partial charge on any atom is 0.321 e. The molecule has 6 nitrogen and oxygen atoms in total. The fourth-order valence-electron chi connectivity index (χ4n) is 1.81. The maximum atomic E-state index is 11.2. The summed E-state index contributed by atoms with van der Waals surface area (Å²) in [4.78, 5) is 16.3. The molecule has 0 bridgehead atoms. The summed E-state index contributed by atoms with van der Waals surface area (Å²) in [5.41, 5.74) is 5.15. The van der Waals surface area contributed by atoms with Crippen LogP contribution < -0.4 is 11.0 Å². The van der Waals surface area contributed by atoms with E-state index in [0.717, 1.165) is 6.42 Å². The van der Waals surface area contributed by atoms with E-state index in [1.807, 2.05) is 13.8 Å². The molecule has 18 heavy (non-hydrogen) atoms. The maximum absolute atomic E-state index is 11.2. The lowest BCUT2D eigenvalue weighted by atomic mass is 10.0. The first-order valence-electron chi connectivity index (χ1n) is 6.43. The van der Waals surface area contributed by atoms with Crippen LogP contribution in [0.25, 0.3) is 0 Å². The van der Waals surface area contributed by atoms with Crippen LogP contribution in [-0.4, -0.2) is 37.4 Å². The monoisotopic (exact) mass is 260 g/mol. The zero-order valence-electron chi connectivity index (χ0n) is 11.6. The third-order valence-corrected chi connectivity index (χ3v) is 2.86. The SMILES string of the molecule is CC(C)OC(=O)CNNOCC1CC(C)C(C)O1. The molecule has 3 atom stereocenters. The van der Waals surface area contributed by atoms with Gasteiger partial charge in [0.25, 0.3) is 0 Å². The van der Waals surface area contributed by atoms with E-state index in [2.05, 4.69) is 24.9 Å². The predicted molar refractivity (Wildman–Crippen MR) is 66.4 cm³/mol. The van der Waals surface area contributed by atoms with Crippen molar-refractivity contribution in [3.8, 4) is 0 Å². The number of ether oxygens (including phenoxy) is 2. The first-order valence-corrected chi connectivity index (χ1v) is 6.43. The van der Waals surface area contributed by atoms with Crippen molar-refractivity contribution in [2.45, 2.75) is 52.4 Å². The minimum atomic E-state index is -0.319. The van der Waals surface area contributed by atoms with Gasteiger partial charge in [0.1, 0.15) is 6.54 Å². The summed E-state index contributed by atoms with van der Waals surface area (Å²) in [5.74, 6) is 0.244. The quantitative estimate of drug-likeness (QED) is 0.400. The zero-order chi connectivity index (χ0) is 13.5. The van der Waals surface area contributed by atoms with Crippen LogP contribution in [0.2, 0.25) is 0 Å². The molecule has 0 radical (unpaired) electrons. The number of nitrogens with one attached hydrogen (secondary N) is 2. The summed E-state index contributed by atoms with van der Waals surface area (Å²) in [6.45, 7) is 8.37. The third kappa shape index (κ3) is 5.77. The molecule has 0 amide bonds. The molecule has 1 aliphatic heterocycles. The Balaban J connectivity index is 1.98. The lowest BCUT2D eigenvalue weighted by Crippen LogP contribution is -2.39. The highest BCUT2D eigenvalue weighted by Crippen LogP contribution is 2.25. The average molecular weight is 260 g/mol. The zero-order valence-corrected chi connectivity index (χ0v) is 11.6. The number of hydrazine groups is 1. The van der Waals surface area contributed by atoms with Gasteiger partial charge >= 0.3 is 5.97 Å². The van der Waals surface area contributed by atoms with Crippen molar-refractivity contribution in [1.82, 2.24) is 11.0 Å². The third-order valence-electron chi connectivity index (χ3n) is 2.86. The Morgan fingerprint density at radius 1 is 1.44 bits per heavy atom. The fraction of sp³-hybridized carbons (Fsp3) is 0.917. The van der Waals surface area contributed by atoms with Gasteiger partial charge in [0.05, 0.1) is 24.9 Å². The molecule has 1 heterocycles. The Morgan fingerprint density at radius 2 is 2.17 bits per heavy atom. The standard InChI is InChI=1S/C12H24N2O4/c1-8(2)17-12(15)6-13-14-16-7-11-5-9(3)10(4)18-11/h8-11,13-14H,5-7H2,1-4H3. The van der Waals surface area contributed by atoms with Crippen molar-refractivity contribution in [2.24, 2.45) is 5.92 Å². The molecule has 106 valence electrons. The Hall–Kier alpha value is -0.690. The van der Waals surface area contributed by atoms with Gasteiger partial charge in [0.15, 0.2) is 0 Å². The van der Waals surface area contributed by atoms with E-state index in [-0.39, 0.29) is 30.8 Å². The van der Waals surface area contributed by atoms with E-state index in [0.29, 0.717) is 12.5 Å². The lowest BCUT2D eigenvalue weighted by molar-refractivity contribution is -0.147. The predicted octanol–water partition coefficient (Wildman–Crippen LogP) is 0.777. The first kappa shape index (κ1) is 15.4. The summed E-state index contributed by atoms with van der Waals surface area (Å²) in [7, 11) is 0. The number of esters is 1. The molecule has 0 aromatic heterocycles. The minimum Gasteiger partial charge on any atom is -0.462 e. The molecule has 2 N–H and O–H groups in total. The molecule has 0 aliphatic carbocycles. The second-order valence-corrected chi connectivity index (χ2v) is 4.98. The van der Waals surface area contributed by atoms with Gasteiger partial charge in [-0.3, -0.25) is 9.63 Å². The van der Waals surface area contributed by atoms with Crippen LogP contribution in [0.15, 0.2) is 0 Å². The van der Waals surface area contributed by atoms with E-state index in [4.69, 9.17) is 14.3 Å². The molecule has 1 fully saturated rings. The van der Waals surface area contributed by atoms with Crippen molar-refractivity contribution in [3.05, 3.63) is 0 Å². The molecule has 3 unspecified atom stereocenters. The van der Waals surface area contributed by atoms with Crippen molar-refractivity contribution in [2.75, 3.05) is 13.2 Å². The van der Waals surface area contributed by atoms with Crippen molar-refractivity contribution in [1.29, 1.82) is 0 Å². The Bertz CT molecular complexity index is 250. The van der Waals surface area contributed by atoms with Gasteiger partial charge in [-0.25, -0.2) is 5.43 Å². The molecule has 1 aliphatic rings. The Labute approximate surface area is 108 Å². The van der Waals surface area contributed by atoms with Crippen LogP contribution in [0.5, 0.6) is 0 Å². The molecule has 0 saturated carbocycles. The highest BCUT2D eigenvalue weighted by molar-refractivity contribution is 5.71. The van der Waals surface area contributed by atoms with Crippen molar-refractivity contribution < 1.29 is 19.1 Å². The second kappa shape index (κ2) is 7.68. The van der Waals surface area contributed by atoms with Crippen LogP contribution in [0.1, 0.15) is 34.1 Å². The van der Waals surface area contributed by atoms with E-state index >= 15 is 0 Å². The van der Waals surface area contributed by atoms with Crippen LogP contribution >= 0.6 is 0 Å². The molecule has 0 aromatic rings. The van der Waals surface area contributed by atoms with Gasteiger partial charge in [0.2, 0.25) is 0 Å². The summed E-state index contributed by atoms with van der Waals surface area (Å²) in [5, 5.41) is 0. The molecule has 1 rings (SSSR count). The van der Waals surface area contributed by atoms with Gasteiger partial charge in [-0.1, -0.05) is 6.92 Å². The summed E-state index contributed by atoms with van der Waals surface area (Å²) in [6.07, 6.45) is 1.30. The van der Waals surface area contributed by atoms with Crippen molar-refractivity contribution in [3.63, 3.8) is 0 Å². The van der Waals surface area contributed by atoms with E-state index < -0.39 is 0 Å². The van der Waals surface area contributed by atoms with Gasteiger partial charge in [-0.15, -0.1) is 5.59 Å². The Morgan fingerprint density at radius 3 is 2.72 bits per heavy atom. The molecule has 1 saturated heterocycles. The van der Waals surface area contributed by atoms with E-state index in [9.17, 15) is 4.79 Å². The number of carbonyl (C=O) groups excluding carboxylic acids is 1. The highest BCUT2D eigenvalue weighted by Gasteiger charge is 2.28. The number of hydrogen-bond acceptors (Lipinski definition) is 6. The van der Waals surface area contributed by atoms with Gasteiger partial charge in [0, 0.05) is 0 Å². The Kier molecular flexibility index (Phi) is 6.56. The summed E-state index contributed by atoms with van der Waals surface area (Å²) >= 11 is 0. The molecule has 6 heteroatoms. The van der Waals surface area contributed by atoms with E-state index in [1.54, 1.807) is 0 Å². The first-order chi connectivity index (χ1) is 8.49. The number of rotatable bonds is 7. The van der Waals surface area contributed by atoms with Crippen LogP contribution in [0.3, 0.4) is 0 Å².